The molecule has 0 aromatic carbocycles. The molecule has 2 heterocycles. The molecule has 0 N–H and O–H groups in total. The van der Waals surface area contributed by atoms with Gasteiger partial charge in [-0.3, -0.25) is 0 Å². The monoisotopic (exact) mass is 158 g/mol. The lowest BCUT2D eigenvalue weighted by Gasteiger charge is -2.15. The van der Waals surface area contributed by atoms with E-state index in [0.717, 1.165) is 0 Å². The highest BCUT2D eigenvalue weighted by molar-refractivity contribution is 6.10. The smallest absolute Gasteiger partial charge is 0.158 e. The molecule has 12 heavy (non-hydrogen) atoms. The average Bonchev–Trinajstić information content (AvgIpc) is 2.77. The van der Waals surface area contributed by atoms with Gasteiger partial charge in [0.25, 0.3) is 0 Å². The van der Waals surface area contributed by atoms with E-state index in [-0.39, 0.29) is 0 Å². The molecule has 0 aliphatic rings. The van der Waals surface area contributed by atoms with E-state index in [1.165, 1.54) is 0 Å². The van der Waals surface area contributed by atoms with Gasteiger partial charge in [-0.1, -0.05) is 0 Å². The van der Waals surface area contributed by atoms with E-state index < -0.39 is 0 Å². The topological polar surface area (TPSA) is 9.86 Å². The average molecular weight is 158 g/mol. The van der Waals surface area contributed by atoms with Crippen LogP contribution in [0.15, 0.2) is 49.1 Å². The second-order valence-corrected chi connectivity index (χ2v) is 2.89. The van der Waals surface area contributed by atoms with Gasteiger partial charge in [-0.05, 0) is 24.3 Å². The van der Waals surface area contributed by atoms with Gasteiger partial charge >= 0.3 is 0 Å². The van der Waals surface area contributed by atoms with Crippen LogP contribution in [0.5, 0.6) is 0 Å². The Morgan fingerprint density at radius 2 is 1.08 bits per heavy atom. The van der Waals surface area contributed by atoms with Crippen molar-refractivity contribution in [1.29, 1.82) is 0 Å². The highest BCUT2D eigenvalue weighted by Gasteiger charge is 2.01. The van der Waals surface area contributed by atoms with E-state index in [1.807, 2.05) is 24.3 Å². The summed E-state index contributed by atoms with van der Waals surface area (Å²) in [5.74, 6) is 0. The number of aromatic nitrogens is 2. The van der Waals surface area contributed by atoms with Crippen molar-refractivity contribution < 1.29 is 0 Å². The third kappa shape index (κ3) is 1.18. The van der Waals surface area contributed by atoms with Crippen molar-refractivity contribution in [3.63, 3.8) is 0 Å². The zero-order chi connectivity index (χ0) is 8.39. The second kappa shape index (κ2) is 2.93. The Hall–Kier alpha value is -1.38. The molecule has 0 bridgehead atoms. The lowest BCUT2D eigenvalue weighted by Crippen LogP contribution is -2.14. The van der Waals surface area contributed by atoms with Crippen molar-refractivity contribution in [2.24, 2.45) is 0 Å². The summed E-state index contributed by atoms with van der Waals surface area (Å²) in [5, 5.41) is 0. The van der Waals surface area contributed by atoms with Crippen molar-refractivity contribution in [2.45, 2.75) is 6.07 Å². The maximum atomic E-state index is 2.17. The van der Waals surface area contributed by atoms with Crippen LogP contribution in [0.1, 0.15) is 6.07 Å². The van der Waals surface area contributed by atoms with Crippen LogP contribution in [0.4, 0.5) is 0 Å². The molecular weight excluding hydrogens is 147 g/mol. The minimum absolute atomic E-state index is 0.370. The van der Waals surface area contributed by atoms with Crippen LogP contribution >= 0.6 is 0 Å². The van der Waals surface area contributed by atoms with Crippen molar-refractivity contribution in [1.82, 2.24) is 9.13 Å². The molecular formula is C9H11BN2. The molecule has 2 aromatic rings. The van der Waals surface area contributed by atoms with Gasteiger partial charge in [0.1, 0.15) is 0 Å². The molecule has 0 atom stereocenters. The molecule has 0 saturated carbocycles. The third-order valence-electron chi connectivity index (χ3n) is 2.12. The summed E-state index contributed by atoms with van der Waals surface area (Å²) >= 11 is 0. The van der Waals surface area contributed by atoms with E-state index in [9.17, 15) is 0 Å². The molecule has 0 saturated heterocycles. The highest BCUT2D eigenvalue weighted by atomic mass is 15.2. The fourth-order valence-electron chi connectivity index (χ4n) is 1.35. The molecule has 60 valence electrons. The number of nitrogens with zero attached hydrogens (tertiary/aromatic N) is 2. The lowest BCUT2D eigenvalue weighted by atomic mass is 10.1. The first-order chi connectivity index (χ1) is 5.88. The fourth-order valence-corrected chi connectivity index (χ4v) is 1.35. The van der Waals surface area contributed by atoms with Crippen molar-refractivity contribution in [2.75, 3.05) is 0 Å². The third-order valence-corrected chi connectivity index (χ3v) is 2.12. The summed E-state index contributed by atoms with van der Waals surface area (Å²) in [5.41, 5.74) is 0. The molecule has 0 radical (unpaired) electrons. The Kier molecular flexibility index (Phi) is 1.78. The molecule has 0 aliphatic heterocycles. The summed E-state index contributed by atoms with van der Waals surface area (Å²) in [6.07, 6.45) is 8.30. The number of rotatable bonds is 2. The Balaban J connectivity index is 2.27. The minimum atomic E-state index is 0.370. The van der Waals surface area contributed by atoms with Crippen LogP contribution in [0.25, 0.3) is 0 Å². The summed E-state index contributed by atoms with van der Waals surface area (Å²) < 4.78 is 4.33. The first-order valence-corrected chi connectivity index (χ1v) is 4.13. The first-order valence-electron chi connectivity index (χ1n) is 4.13. The van der Waals surface area contributed by atoms with E-state index >= 15 is 0 Å². The van der Waals surface area contributed by atoms with Crippen LogP contribution in [0.2, 0.25) is 0 Å². The van der Waals surface area contributed by atoms with E-state index in [1.54, 1.807) is 0 Å². The van der Waals surface area contributed by atoms with Crippen LogP contribution in [0, 0.1) is 0 Å². The van der Waals surface area contributed by atoms with Crippen molar-refractivity contribution in [3.8, 4) is 0 Å². The summed E-state index contributed by atoms with van der Waals surface area (Å²) in [6.45, 7) is 0. The van der Waals surface area contributed by atoms with Gasteiger partial charge in [0.2, 0.25) is 0 Å². The molecule has 2 nitrogen and oxygen atoms in total. The van der Waals surface area contributed by atoms with Gasteiger partial charge in [0, 0.05) is 24.8 Å². The minimum Gasteiger partial charge on any atom is -0.341 e. The van der Waals surface area contributed by atoms with Gasteiger partial charge in [-0.2, -0.15) is 0 Å². The van der Waals surface area contributed by atoms with Crippen LogP contribution in [0.3, 0.4) is 0 Å². The predicted molar refractivity (Wildman–Crippen MR) is 51.8 cm³/mol. The van der Waals surface area contributed by atoms with E-state index in [2.05, 4.69) is 41.8 Å². The van der Waals surface area contributed by atoms with Crippen LogP contribution in [-0.4, -0.2) is 17.0 Å². The molecule has 0 amide bonds. The molecule has 0 spiro atoms. The fraction of sp³-hybridized carbons (Fsp3) is 0.111. The highest BCUT2D eigenvalue weighted by Crippen LogP contribution is 2.05. The Morgan fingerprint density at radius 1 is 0.750 bits per heavy atom. The first kappa shape index (κ1) is 7.28. The maximum absolute atomic E-state index is 2.17. The standard InChI is InChI=1S/C9H11BN2/c10-9(11-5-1-2-6-11)12-7-3-4-8-12/h1-9H,10H2. The molecule has 2 aromatic heterocycles. The SMILES string of the molecule is BC(n1cccc1)n1cccc1. The summed E-state index contributed by atoms with van der Waals surface area (Å²) in [7, 11) is 2.17. The lowest BCUT2D eigenvalue weighted by molar-refractivity contribution is 0.581. The van der Waals surface area contributed by atoms with Gasteiger partial charge in [0.05, 0.1) is 6.07 Å². The van der Waals surface area contributed by atoms with Gasteiger partial charge in [-0.15, -0.1) is 0 Å². The molecule has 0 fully saturated rings. The van der Waals surface area contributed by atoms with Gasteiger partial charge in [0.15, 0.2) is 7.85 Å². The van der Waals surface area contributed by atoms with Crippen LogP contribution in [-0.2, 0) is 0 Å². The second-order valence-electron chi connectivity index (χ2n) is 2.89. The Bertz CT molecular complexity index is 289. The summed E-state index contributed by atoms with van der Waals surface area (Å²) in [6, 6.07) is 8.54. The van der Waals surface area contributed by atoms with E-state index in [4.69, 9.17) is 0 Å². The zero-order valence-electron chi connectivity index (χ0n) is 7.09. The molecule has 0 aliphatic carbocycles. The van der Waals surface area contributed by atoms with Crippen LogP contribution < -0.4 is 0 Å². The normalized spacial score (nSPS) is 10.8. The summed E-state index contributed by atoms with van der Waals surface area (Å²) in [4.78, 5) is 0. The van der Waals surface area contributed by atoms with Crippen molar-refractivity contribution >= 4 is 7.85 Å². The van der Waals surface area contributed by atoms with E-state index in [0.29, 0.717) is 6.07 Å². The number of hydrogen-bond acceptors (Lipinski definition) is 0. The van der Waals surface area contributed by atoms with Gasteiger partial charge < -0.3 is 9.13 Å². The van der Waals surface area contributed by atoms with Crippen molar-refractivity contribution in [3.05, 3.63) is 49.1 Å². The Labute approximate surface area is 72.8 Å². The quantitative estimate of drug-likeness (QED) is 0.575. The largest absolute Gasteiger partial charge is 0.341 e. The Morgan fingerprint density at radius 3 is 1.42 bits per heavy atom. The van der Waals surface area contributed by atoms with Gasteiger partial charge in [-0.25, -0.2) is 0 Å². The zero-order valence-corrected chi connectivity index (χ0v) is 7.09. The number of hydrogen-bond donors (Lipinski definition) is 0. The molecule has 2 rings (SSSR count). The predicted octanol–water partition coefficient (Wildman–Crippen LogP) is 0.927. The molecule has 3 heteroatoms. The maximum Gasteiger partial charge on any atom is 0.158 e. The molecule has 0 unspecified atom stereocenters.